The number of aromatic nitrogens is 4. The lowest BCUT2D eigenvalue weighted by atomic mass is 9.99. The first kappa shape index (κ1) is 51.3. The number of aliphatic hydroxyl groups excluding tert-OH is 2. The van der Waals surface area contributed by atoms with Crippen molar-refractivity contribution in [1.29, 1.82) is 0 Å². The Hall–Kier alpha value is -7.24. The van der Waals surface area contributed by atoms with Gasteiger partial charge in [0.15, 0.2) is 0 Å². The van der Waals surface area contributed by atoms with Crippen molar-refractivity contribution in [3.05, 3.63) is 165 Å². The van der Waals surface area contributed by atoms with Crippen LogP contribution in [0.3, 0.4) is 0 Å². The monoisotopic (exact) mass is 1010 g/mol. The SMILES string of the molecule is CC1=NCCc2c1[nH]c1ccc(CO)cc21.COc1ccc2[nH]c3c(c2c1)CNCC3.O=C(O)C1NCCc2c1[nH]c1ccccc21.OCc1ccc2[nH]c3c(c2c1)CCNC3.c1ccc(NC2CCCNC2)cc1. The predicted molar refractivity (Wildman–Crippen MR) is 301 cm³/mol. The summed E-state index contributed by atoms with van der Waals surface area (Å²) in [6, 6.07) is 36.8. The van der Waals surface area contributed by atoms with Gasteiger partial charge in [0.2, 0.25) is 0 Å². The summed E-state index contributed by atoms with van der Waals surface area (Å²) in [5, 5.41) is 49.0. The molecule has 0 bridgehead atoms. The Balaban J connectivity index is 0.000000107. The number of aliphatic imine (C=N–C) groups is 1. The number of piperidine rings is 1. The first-order valence-electron chi connectivity index (χ1n) is 26.4. The molecule has 15 nitrogen and oxygen atoms in total. The van der Waals surface area contributed by atoms with Gasteiger partial charge in [-0.2, -0.15) is 0 Å². The Labute approximate surface area is 437 Å². The number of hydrogen-bond acceptors (Lipinski definition) is 10. The van der Waals surface area contributed by atoms with Crippen LogP contribution >= 0.6 is 0 Å². The molecule has 2 unspecified atom stereocenters. The number of ether oxygens (including phenoxy) is 1. The van der Waals surface area contributed by atoms with Crippen LogP contribution in [0.15, 0.2) is 114 Å². The van der Waals surface area contributed by atoms with Crippen LogP contribution in [0, 0.1) is 0 Å². The lowest BCUT2D eigenvalue weighted by Crippen LogP contribution is -2.38. The van der Waals surface area contributed by atoms with Crippen LogP contribution in [0.4, 0.5) is 5.69 Å². The summed E-state index contributed by atoms with van der Waals surface area (Å²) >= 11 is 0. The van der Waals surface area contributed by atoms with Gasteiger partial charge in [0, 0.05) is 118 Å². The third-order valence-electron chi connectivity index (χ3n) is 14.9. The molecule has 390 valence electrons. The fourth-order valence-corrected chi connectivity index (χ4v) is 11.1. The summed E-state index contributed by atoms with van der Waals surface area (Å²) in [4.78, 5) is 29.1. The maximum atomic E-state index is 11.1. The molecule has 0 radical (unpaired) electrons. The number of hydrogen-bond donors (Lipinski definition) is 12. The number of carboxylic acids is 1. The molecule has 1 fully saturated rings. The lowest BCUT2D eigenvalue weighted by Gasteiger charge is -2.24. The van der Waals surface area contributed by atoms with Crippen LogP contribution in [-0.2, 0) is 56.8 Å². The second-order valence-electron chi connectivity index (χ2n) is 19.8. The number of nitrogens with zero attached hydrogens (tertiary/aromatic N) is 1. The van der Waals surface area contributed by atoms with Crippen molar-refractivity contribution in [3.8, 4) is 5.75 Å². The van der Waals surface area contributed by atoms with E-state index in [1.54, 1.807) is 7.11 Å². The fraction of sp³-hybridized carbons (Fsp3) is 0.333. The van der Waals surface area contributed by atoms with Crippen molar-refractivity contribution >= 4 is 61.0 Å². The lowest BCUT2D eigenvalue weighted by molar-refractivity contribution is -0.139. The van der Waals surface area contributed by atoms with E-state index >= 15 is 0 Å². The summed E-state index contributed by atoms with van der Waals surface area (Å²) in [6.07, 6.45) is 6.59. The number of anilines is 1. The number of nitrogens with one attached hydrogen (secondary N) is 9. The number of aliphatic hydroxyl groups is 2. The molecule has 4 aromatic heterocycles. The van der Waals surface area contributed by atoms with Gasteiger partial charge in [-0.3, -0.25) is 15.1 Å². The van der Waals surface area contributed by atoms with Crippen LogP contribution in [0.5, 0.6) is 5.75 Å². The molecule has 2 atom stereocenters. The Kier molecular flexibility index (Phi) is 16.4. The van der Waals surface area contributed by atoms with E-state index in [1.165, 1.54) is 80.3 Å². The topological polar surface area (TPSA) is 223 Å². The standard InChI is InChI=1S/C13H14N2O.C12H12N2O2.2C12H14N2O.C11H16N2/c1-8-13-10(4-5-14-8)11-6-9(7-16)2-3-12(11)15-13;15-12(16)11-10-8(5-6-13-11)7-3-1-2-4-9(7)14-10;1-15-8-2-3-11-9(6-8)10-7-13-5-4-12(10)14-11;15-7-8-1-2-11-10(5-8)9-3-4-13-6-12(9)14-11;1-2-5-10(6-3-1)13-11-7-4-8-12-9-11/h2-3,6,15-16H,4-5,7H2,1H3;1-4,11,13-14H,5-6H2,(H,15,16);2-3,6,13-14H,4-5,7H2,1H3;1-2,5,13-15H,3-4,6-7H2;1-3,5-6,11-13H,4,7-9H2. The van der Waals surface area contributed by atoms with E-state index in [1.807, 2.05) is 61.5 Å². The molecule has 1 saturated heterocycles. The predicted octanol–water partition coefficient (Wildman–Crippen LogP) is 8.44. The van der Waals surface area contributed by atoms with Crippen molar-refractivity contribution in [2.45, 2.75) is 83.8 Å². The molecule has 5 aliphatic heterocycles. The van der Waals surface area contributed by atoms with E-state index in [0.717, 1.165) is 121 Å². The average Bonchev–Trinajstić information content (AvgIpc) is 4.24. The van der Waals surface area contributed by atoms with Crippen molar-refractivity contribution < 1.29 is 24.9 Å². The van der Waals surface area contributed by atoms with Crippen LogP contribution in [-0.4, -0.2) is 99.4 Å². The molecule has 0 spiro atoms. The van der Waals surface area contributed by atoms with E-state index in [4.69, 9.17) is 20.1 Å². The van der Waals surface area contributed by atoms with Gasteiger partial charge >= 0.3 is 5.97 Å². The van der Waals surface area contributed by atoms with E-state index in [9.17, 15) is 4.79 Å². The molecule has 9 heterocycles. The summed E-state index contributed by atoms with van der Waals surface area (Å²) in [5.74, 6) is 0.0994. The molecule has 5 aliphatic rings. The Morgan fingerprint density at radius 2 is 1.31 bits per heavy atom. The van der Waals surface area contributed by atoms with Crippen LogP contribution in [0.2, 0.25) is 0 Å². The summed E-state index contributed by atoms with van der Waals surface area (Å²) in [6.45, 7) is 10.1. The summed E-state index contributed by atoms with van der Waals surface area (Å²) < 4.78 is 5.25. The maximum Gasteiger partial charge on any atom is 0.326 e. The summed E-state index contributed by atoms with van der Waals surface area (Å²) in [7, 11) is 1.71. The van der Waals surface area contributed by atoms with Gasteiger partial charge in [-0.05, 0) is 146 Å². The smallest absolute Gasteiger partial charge is 0.326 e. The minimum atomic E-state index is -0.826. The highest BCUT2D eigenvalue weighted by atomic mass is 16.5. The molecule has 0 saturated carbocycles. The van der Waals surface area contributed by atoms with E-state index in [0.29, 0.717) is 12.6 Å². The van der Waals surface area contributed by atoms with Crippen molar-refractivity contribution in [1.82, 2.24) is 41.2 Å². The summed E-state index contributed by atoms with van der Waals surface area (Å²) in [5.41, 5.74) is 18.8. The first-order valence-corrected chi connectivity index (χ1v) is 26.4. The molecule has 75 heavy (non-hydrogen) atoms. The third kappa shape index (κ3) is 11.7. The second kappa shape index (κ2) is 24.0. The number of rotatable bonds is 6. The molecular formula is C60H70N10O5. The number of carbonyl (C=O) groups is 1. The largest absolute Gasteiger partial charge is 0.497 e. The zero-order valence-electron chi connectivity index (χ0n) is 43.0. The number of benzene rings is 5. The molecule has 0 amide bonds. The van der Waals surface area contributed by atoms with Crippen LogP contribution < -0.4 is 31.3 Å². The van der Waals surface area contributed by atoms with Gasteiger partial charge < -0.3 is 61.3 Å². The van der Waals surface area contributed by atoms with Crippen LogP contribution in [0.25, 0.3) is 43.6 Å². The van der Waals surface area contributed by atoms with Gasteiger partial charge in [0.1, 0.15) is 11.8 Å². The maximum absolute atomic E-state index is 11.1. The van der Waals surface area contributed by atoms with Crippen LogP contribution in [0.1, 0.15) is 82.0 Å². The van der Waals surface area contributed by atoms with E-state index in [2.05, 4.69) is 106 Å². The zero-order chi connectivity index (χ0) is 51.7. The number of fused-ring (bicyclic) bond motifs is 12. The van der Waals surface area contributed by atoms with Crippen molar-refractivity contribution in [2.75, 3.05) is 51.7 Å². The van der Waals surface area contributed by atoms with Gasteiger partial charge in [-0.25, -0.2) is 0 Å². The number of methoxy groups -OCH3 is 1. The molecule has 14 rings (SSSR count). The average molecular weight is 1010 g/mol. The number of aliphatic carboxylic acids is 1. The molecule has 15 heteroatoms. The minimum Gasteiger partial charge on any atom is -0.497 e. The Morgan fingerprint density at radius 3 is 2.05 bits per heavy atom. The zero-order valence-corrected chi connectivity index (χ0v) is 43.0. The molecule has 5 aromatic carbocycles. The molecule has 0 aliphatic carbocycles. The van der Waals surface area contributed by atoms with Gasteiger partial charge in [0.05, 0.1) is 31.7 Å². The highest BCUT2D eigenvalue weighted by Crippen LogP contribution is 2.32. The van der Waals surface area contributed by atoms with Gasteiger partial charge in [-0.15, -0.1) is 0 Å². The van der Waals surface area contributed by atoms with E-state index < -0.39 is 12.0 Å². The molecule has 12 N–H and O–H groups in total. The number of H-pyrrole nitrogens is 4. The molecular weight excluding hydrogens is 941 g/mol. The Morgan fingerprint density at radius 1 is 0.640 bits per heavy atom. The third-order valence-corrected chi connectivity index (χ3v) is 14.9. The number of aromatic amines is 4. The molecule has 9 aromatic rings. The Bertz CT molecular complexity index is 3320. The first-order chi connectivity index (χ1) is 36.8. The highest BCUT2D eigenvalue weighted by Gasteiger charge is 2.29. The minimum absolute atomic E-state index is 0.100. The normalized spacial score (nSPS) is 17.5. The number of para-hydroxylation sites is 2. The van der Waals surface area contributed by atoms with Gasteiger partial charge in [0.25, 0.3) is 0 Å². The number of carboxylic acid groups (broad SMARTS) is 1. The fourth-order valence-electron chi connectivity index (χ4n) is 11.1. The van der Waals surface area contributed by atoms with Crippen molar-refractivity contribution in [2.24, 2.45) is 4.99 Å². The second-order valence-corrected chi connectivity index (χ2v) is 19.8. The van der Waals surface area contributed by atoms with Gasteiger partial charge in [-0.1, -0.05) is 48.5 Å². The van der Waals surface area contributed by atoms with E-state index in [-0.39, 0.29) is 13.2 Å². The highest BCUT2D eigenvalue weighted by molar-refractivity contribution is 6.05. The quantitative estimate of drug-likeness (QED) is 0.0762. The van der Waals surface area contributed by atoms with Crippen molar-refractivity contribution in [3.63, 3.8) is 0 Å².